The number of hydrogen-bond acceptors (Lipinski definition) is 5. The Labute approximate surface area is 164 Å². The van der Waals surface area contributed by atoms with Gasteiger partial charge >= 0.3 is 41.5 Å². The number of benzene rings is 1. The summed E-state index contributed by atoms with van der Waals surface area (Å²) in [7, 11) is 1.51. The third kappa shape index (κ3) is 4.12. The van der Waals surface area contributed by atoms with Gasteiger partial charge in [0.1, 0.15) is 23.7 Å². The van der Waals surface area contributed by atoms with Gasteiger partial charge in [0.15, 0.2) is 0 Å². The molecule has 1 aromatic rings. The van der Waals surface area contributed by atoms with Crippen molar-refractivity contribution in [1.82, 2.24) is 0 Å². The van der Waals surface area contributed by atoms with E-state index >= 15 is 0 Å². The number of phenolic OH excluding ortho intramolecular Hbond substituents is 1. The molecule has 7 heteroatoms. The van der Waals surface area contributed by atoms with Crippen LogP contribution in [0.3, 0.4) is 0 Å². The van der Waals surface area contributed by atoms with E-state index in [4.69, 9.17) is 14.6 Å². The van der Waals surface area contributed by atoms with Crippen LogP contribution in [0.4, 0.5) is 0 Å². The molecular weight excluding hydrogens is 323 g/mol. The van der Waals surface area contributed by atoms with E-state index < -0.39 is 11.9 Å². The molecule has 2 rings (SSSR count). The van der Waals surface area contributed by atoms with Crippen LogP contribution >= 0.6 is 0 Å². The van der Waals surface area contributed by atoms with Gasteiger partial charge in [-0.2, -0.15) is 0 Å². The first kappa shape index (κ1) is 20.5. The van der Waals surface area contributed by atoms with Crippen molar-refractivity contribution in [2.45, 2.75) is 39.7 Å². The SMILES string of the molecule is COc1c(C)c2c(c(O)c1CC=C(C)CCC(=O)O)C(=O)OC2.[H-].[Na+]. The molecule has 0 saturated heterocycles. The molecule has 0 spiro atoms. The van der Waals surface area contributed by atoms with Crippen LogP contribution in [0, 0.1) is 6.92 Å². The fourth-order valence-electron chi connectivity index (χ4n) is 2.71. The molecule has 0 fully saturated rings. The maximum Gasteiger partial charge on any atom is 1.00 e. The summed E-state index contributed by atoms with van der Waals surface area (Å²) in [6.45, 7) is 3.79. The Morgan fingerprint density at radius 1 is 1.42 bits per heavy atom. The third-order valence-corrected chi connectivity index (χ3v) is 4.04. The Morgan fingerprint density at radius 2 is 2.08 bits per heavy atom. The zero-order valence-corrected chi connectivity index (χ0v) is 16.4. The average molecular weight is 344 g/mol. The molecule has 2 N–H and O–H groups in total. The smallest absolute Gasteiger partial charge is 1.00 e. The van der Waals surface area contributed by atoms with Crippen LogP contribution in [0.25, 0.3) is 0 Å². The number of ether oxygens (including phenoxy) is 2. The van der Waals surface area contributed by atoms with Crippen molar-refractivity contribution in [2.24, 2.45) is 0 Å². The topological polar surface area (TPSA) is 93.1 Å². The molecule has 0 atom stereocenters. The molecule has 0 amide bonds. The number of carbonyl (C=O) groups is 2. The maximum atomic E-state index is 11.8. The number of rotatable bonds is 6. The number of aromatic hydroxyl groups is 1. The van der Waals surface area contributed by atoms with E-state index in [0.717, 1.165) is 11.1 Å². The minimum atomic E-state index is -0.853. The second kappa shape index (κ2) is 8.55. The van der Waals surface area contributed by atoms with Crippen molar-refractivity contribution in [2.75, 3.05) is 7.11 Å². The number of carboxylic acids is 1. The number of phenols is 1. The molecule has 24 heavy (non-hydrogen) atoms. The quantitative estimate of drug-likeness (QED) is 0.424. The summed E-state index contributed by atoms with van der Waals surface area (Å²) in [5, 5.41) is 19.1. The summed E-state index contributed by atoms with van der Waals surface area (Å²) >= 11 is 0. The van der Waals surface area contributed by atoms with E-state index in [1.807, 2.05) is 19.9 Å². The fraction of sp³-hybridized carbons (Fsp3) is 0.412. The van der Waals surface area contributed by atoms with Gasteiger partial charge in [-0.05, 0) is 32.3 Å². The summed E-state index contributed by atoms with van der Waals surface area (Å²) in [5.41, 5.74) is 3.04. The normalized spacial score (nSPS) is 13.1. The first-order valence-electron chi connectivity index (χ1n) is 7.32. The van der Waals surface area contributed by atoms with Crippen LogP contribution in [0.15, 0.2) is 11.6 Å². The van der Waals surface area contributed by atoms with Gasteiger partial charge in [0.2, 0.25) is 0 Å². The molecule has 0 aromatic heterocycles. The van der Waals surface area contributed by atoms with E-state index in [2.05, 4.69) is 0 Å². The summed E-state index contributed by atoms with van der Waals surface area (Å²) in [5.74, 6) is -0.973. The minimum Gasteiger partial charge on any atom is -1.00 e. The van der Waals surface area contributed by atoms with Crippen molar-refractivity contribution in [3.63, 3.8) is 0 Å². The van der Waals surface area contributed by atoms with Crippen LogP contribution in [0.1, 0.15) is 48.2 Å². The number of esters is 1. The largest absolute Gasteiger partial charge is 1.00 e. The Morgan fingerprint density at radius 3 is 2.67 bits per heavy atom. The molecule has 1 heterocycles. The van der Waals surface area contributed by atoms with Gasteiger partial charge in [-0.25, -0.2) is 4.79 Å². The summed E-state index contributed by atoms with van der Waals surface area (Å²) in [6.07, 6.45) is 2.68. The Kier molecular flexibility index (Phi) is 7.32. The van der Waals surface area contributed by atoms with Gasteiger partial charge < -0.3 is 21.1 Å². The van der Waals surface area contributed by atoms with Crippen molar-refractivity contribution in [1.29, 1.82) is 0 Å². The van der Waals surface area contributed by atoms with Crippen LogP contribution in [-0.4, -0.2) is 29.3 Å². The number of carbonyl (C=O) groups excluding carboxylic acids is 1. The molecular formula is C17H21NaO6. The summed E-state index contributed by atoms with van der Waals surface area (Å²) in [4.78, 5) is 22.4. The van der Waals surface area contributed by atoms with Gasteiger partial charge in [0.25, 0.3) is 0 Å². The molecule has 0 radical (unpaired) electrons. The second-order valence-corrected chi connectivity index (χ2v) is 5.56. The van der Waals surface area contributed by atoms with Gasteiger partial charge in [0, 0.05) is 17.5 Å². The molecule has 0 bridgehead atoms. The van der Waals surface area contributed by atoms with E-state index in [1.165, 1.54) is 7.11 Å². The molecule has 6 nitrogen and oxygen atoms in total. The van der Waals surface area contributed by atoms with Crippen LogP contribution < -0.4 is 34.3 Å². The second-order valence-electron chi connectivity index (χ2n) is 5.56. The number of allylic oxidation sites excluding steroid dienone is 2. The monoisotopic (exact) mass is 344 g/mol. The van der Waals surface area contributed by atoms with Crippen LogP contribution in [0.5, 0.6) is 11.5 Å². The van der Waals surface area contributed by atoms with Crippen LogP contribution in [-0.2, 0) is 22.6 Å². The molecule has 0 aliphatic carbocycles. The minimum absolute atomic E-state index is 0. The molecule has 1 aliphatic heterocycles. The molecule has 1 aliphatic rings. The predicted molar refractivity (Wildman–Crippen MR) is 84.0 cm³/mol. The zero-order valence-electron chi connectivity index (χ0n) is 15.4. The first-order chi connectivity index (χ1) is 10.9. The third-order valence-electron chi connectivity index (χ3n) is 4.04. The van der Waals surface area contributed by atoms with E-state index in [-0.39, 0.29) is 55.3 Å². The first-order valence-corrected chi connectivity index (χ1v) is 7.32. The Bertz CT molecular complexity index is 699. The van der Waals surface area contributed by atoms with Gasteiger partial charge in [-0.15, -0.1) is 0 Å². The number of aliphatic carboxylic acids is 1. The standard InChI is InChI=1S/C17H20O6.Na.H/c1-9(5-7-13(18)19)4-6-11-15(20)14-12(8-23-17(14)21)10(2)16(11)22-3;;/h4,20H,5-8H2,1-3H3,(H,18,19);;/q;+1;-1. The number of fused-ring (bicyclic) bond motifs is 1. The number of methoxy groups -OCH3 is 1. The average Bonchev–Trinajstić information content (AvgIpc) is 2.89. The fourth-order valence-corrected chi connectivity index (χ4v) is 2.71. The van der Waals surface area contributed by atoms with Gasteiger partial charge in [-0.1, -0.05) is 11.6 Å². The molecule has 0 unspecified atom stereocenters. The Hall–Kier alpha value is -1.50. The zero-order chi connectivity index (χ0) is 17.1. The van der Waals surface area contributed by atoms with Crippen molar-refractivity contribution in [3.05, 3.63) is 33.9 Å². The van der Waals surface area contributed by atoms with Crippen molar-refractivity contribution < 1.29 is 60.3 Å². The number of cyclic esters (lactones) is 1. The Balaban J connectivity index is 0.00000288. The van der Waals surface area contributed by atoms with Crippen molar-refractivity contribution >= 4 is 11.9 Å². The predicted octanol–water partition coefficient (Wildman–Crippen LogP) is -0.150. The van der Waals surface area contributed by atoms with Crippen LogP contribution in [0.2, 0.25) is 0 Å². The number of carboxylic acid groups (broad SMARTS) is 1. The van der Waals surface area contributed by atoms with E-state index in [0.29, 0.717) is 29.7 Å². The molecule has 0 saturated carbocycles. The number of hydrogen-bond donors (Lipinski definition) is 2. The van der Waals surface area contributed by atoms with E-state index in [9.17, 15) is 14.7 Å². The van der Waals surface area contributed by atoms with E-state index in [1.54, 1.807) is 0 Å². The summed E-state index contributed by atoms with van der Waals surface area (Å²) < 4.78 is 10.4. The molecule has 126 valence electrons. The van der Waals surface area contributed by atoms with Gasteiger partial charge in [-0.3, -0.25) is 4.79 Å². The summed E-state index contributed by atoms with van der Waals surface area (Å²) in [6, 6.07) is 0. The molecule has 1 aromatic carbocycles. The maximum absolute atomic E-state index is 11.8. The van der Waals surface area contributed by atoms with Gasteiger partial charge in [0.05, 0.1) is 7.11 Å². The van der Waals surface area contributed by atoms with Crippen molar-refractivity contribution in [3.8, 4) is 11.5 Å².